The highest BCUT2D eigenvalue weighted by Gasteiger charge is 2.30. The highest BCUT2D eigenvalue weighted by Crippen LogP contribution is 2.29. The lowest BCUT2D eigenvalue weighted by atomic mass is 9.86. The van der Waals surface area contributed by atoms with E-state index in [4.69, 9.17) is 16.3 Å². The molecule has 1 amide bonds. The smallest absolute Gasteiger partial charge is 0.302 e. The molecule has 1 saturated carbocycles. The third kappa shape index (κ3) is 3.91. The van der Waals surface area contributed by atoms with Gasteiger partial charge in [0.2, 0.25) is 5.91 Å². The maximum Gasteiger partial charge on any atom is 0.302 e. The number of aromatic nitrogens is 2. The number of carbonyl (C=O) groups excluding carboxylic acids is 2. The van der Waals surface area contributed by atoms with Crippen LogP contribution in [0.5, 0.6) is 0 Å². The number of rotatable bonds is 3. The van der Waals surface area contributed by atoms with Crippen LogP contribution in [0.4, 0.5) is 5.82 Å². The maximum absolute atomic E-state index is 12.5. The summed E-state index contributed by atoms with van der Waals surface area (Å²) in [6, 6.07) is 0. The average Bonchev–Trinajstić information content (AvgIpc) is 2.46. The molecule has 7 heteroatoms. The molecule has 1 aromatic rings. The molecule has 0 atom stereocenters. The summed E-state index contributed by atoms with van der Waals surface area (Å²) in [4.78, 5) is 32.9. The van der Waals surface area contributed by atoms with Crippen LogP contribution >= 0.6 is 11.6 Å². The number of ether oxygens (including phenoxy) is 1. The van der Waals surface area contributed by atoms with Crippen molar-refractivity contribution in [1.29, 1.82) is 0 Å². The third-order valence-corrected chi connectivity index (χ3v) is 3.91. The first-order chi connectivity index (χ1) is 9.99. The SMILES string of the molecule is CC(=O)OC1CCC(C(=O)N(C)c2nccnc2Cl)CC1. The number of hydrogen-bond acceptors (Lipinski definition) is 5. The van der Waals surface area contributed by atoms with E-state index in [-0.39, 0.29) is 29.1 Å². The minimum atomic E-state index is -0.270. The van der Waals surface area contributed by atoms with Crippen LogP contribution in [0.25, 0.3) is 0 Å². The first-order valence-corrected chi connectivity index (χ1v) is 7.28. The van der Waals surface area contributed by atoms with Gasteiger partial charge in [-0.3, -0.25) is 14.5 Å². The molecule has 1 heterocycles. The van der Waals surface area contributed by atoms with Crippen molar-refractivity contribution in [3.05, 3.63) is 17.5 Å². The van der Waals surface area contributed by atoms with Crippen LogP contribution in [-0.4, -0.2) is 35.0 Å². The molecule has 114 valence electrons. The van der Waals surface area contributed by atoms with Gasteiger partial charge in [0.25, 0.3) is 0 Å². The number of halogens is 1. The van der Waals surface area contributed by atoms with Gasteiger partial charge in [-0.05, 0) is 25.7 Å². The molecule has 0 bridgehead atoms. The predicted molar refractivity (Wildman–Crippen MR) is 78.0 cm³/mol. The van der Waals surface area contributed by atoms with Crippen molar-refractivity contribution in [1.82, 2.24) is 9.97 Å². The molecular formula is C14H18ClN3O3. The predicted octanol–water partition coefficient (Wildman–Crippen LogP) is 2.21. The van der Waals surface area contributed by atoms with E-state index >= 15 is 0 Å². The first-order valence-electron chi connectivity index (χ1n) is 6.90. The maximum atomic E-state index is 12.5. The quantitative estimate of drug-likeness (QED) is 0.800. The summed E-state index contributed by atoms with van der Waals surface area (Å²) in [5, 5.41) is 0.210. The fourth-order valence-corrected chi connectivity index (χ4v) is 2.81. The Balaban J connectivity index is 1.96. The molecule has 1 fully saturated rings. The molecule has 0 saturated heterocycles. The van der Waals surface area contributed by atoms with E-state index in [9.17, 15) is 9.59 Å². The molecular weight excluding hydrogens is 294 g/mol. The molecule has 21 heavy (non-hydrogen) atoms. The molecule has 0 aromatic carbocycles. The molecule has 1 aliphatic carbocycles. The normalized spacial score (nSPS) is 21.7. The Labute approximate surface area is 128 Å². The summed E-state index contributed by atoms with van der Waals surface area (Å²) in [5.41, 5.74) is 0. The van der Waals surface area contributed by atoms with Gasteiger partial charge in [-0.25, -0.2) is 9.97 Å². The van der Waals surface area contributed by atoms with Gasteiger partial charge in [0, 0.05) is 32.3 Å². The average molecular weight is 312 g/mol. The van der Waals surface area contributed by atoms with Gasteiger partial charge in [-0.15, -0.1) is 0 Å². The van der Waals surface area contributed by atoms with Gasteiger partial charge >= 0.3 is 5.97 Å². The van der Waals surface area contributed by atoms with E-state index in [1.807, 2.05) is 0 Å². The van der Waals surface area contributed by atoms with E-state index in [0.29, 0.717) is 31.5 Å². The topological polar surface area (TPSA) is 72.4 Å². The molecule has 0 radical (unpaired) electrons. The largest absolute Gasteiger partial charge is 0.463 e. The van der Waals surface area contributed by atoms with E-state index in [1.165, 1.54) is 24.2 Å². The van der Waals surface area contributed by atoms with Crippen LogP contribution in [0.1, 0.15) is 32.6 Å². The molecule has 0 N–H and O–H groups in total. The van der Waals surface area contributed by atoms with Gasteiger partial charge in [-0.1, -0.05) is 11.6 Å². The Hall–Kier alpha value is -1.69. The van der Waals surface area contributed by atoms with Crippen LogP contribution in [0, 0.1) is 5.92 Å². The number of hydrogen-bond donors (Lipinski definition) is 0. The van der Waals surface area contributed by atoms with Crippen LogP contribution in [0.2, 0.25) is 5.15 Å². The first kappa shape index (κ1) is 15.7. The zero-order valence-corrected chi connectivity index (χ0v) is 12.8. The van der Waals surface area contributed by atoms with E-state index in [2.05, 4.69) is 9.97 Å². The van der Waals surface area contributed by atoms with Gasteiger partial charge in [0.1, 0.15) is 6.10 Å². The summed E-state index contributed by atoms with van der Waals surface area (Å²) >= 11 is 5.96. The Morgan fingerprint density at radius 2 is 1.86 bits per heavy atom. The molecule has 2 rings (SSSR count). The summed E-state index contributed by atoms with van der Waals surface area (Å²) in [6.45, 7) is 1.40. The van der Waals surface area contributed by atoms with Crippen molar-refractivity contribution in [3.8, 4) is 0 Å². The Morgan fingerprint density at radius 1 is 1.24 bits per heavy atom. The van der Waals surface area contributed by atoms with Crippen LogP contribution in [-0.2, 0) is 14.3 Å². The lowest BCUT2D eigenvalue weighted by molar-refractivity contribution is -0.148. The highest BCUT2D eigenvalue weighted by atomic mass is 35.5. The fourth-order valence-electron chi connectivity index (χ4n) is 2.58. The number of anilines is 1. The zero-order valence-electron chi connectivity index (χ0n) is 12.1. The highest BCUT2D eigenvalue weighted by molar-refractivity contribution is 6.32. The van der Waals surface area contributed by atoms with Gasteiger partial charge in [0.05, 0.1) is 0 Å². The van der Waals surface area contributed by atoms with Gasteiger partial charge < -0.3 is 4.74 Å². The number of esters is 1. The Bertz CT molecular complexity index is 530. The summed E-state index contributed by atoms with van der Waals surface area (Å²) in [7, 11) is 1.65. The fraction of sp³-hybridized carbons (Fsp3) is 0.571. The van der Waals surface area contributed by atoms with Crippen molar-refractivity contribution in [2.75, 3.05) is 11.9 Å². The third-order valence-electron chi connectivity index (χ3n) is 3.64. The molecule has 0 aliphatic heterocycles. The minimum absolute atomic E-state index is 0.0290. The molecule has 6 nitrogen and oxygen atoms in total. The van der Waals surface area contributed by atoms with Crippen molar-refractivity contribution < 1.29 is 14.3 Å². The Kier molecular flexibility index (Phi) is 5.12. The van der Waals surface area contributed by atoms with E-state index in [0.717, 1.165) is 0 Å². The monoisotopic (exact) mass is 311 g/mol. The second kappa shape index (κ2) is 6.85. The van der Waals surface area contributed by atoms with Crippen molar-refractivity contribution in [2.24, 2.45) is 5.92 Å². The second-order valence-electron chi connectivity index (χ2n) is 5.15. The second-order valence-corrected chi connectivity index (χ2v) is 5.51. The van der Waals surface area contributed by atoms with Gasteiger partial charge in [0.15, 0.2) is 11.0 Å². The van der Waals surface area contributed by atoms with Crippen LogP contribution in [0.15, 0.2) is 12.4 Å². The van der Waals surface area contributed by atoms with Crippen LogP contribution in [0.3, 0.4) is 0 Å². The summed E-state index contributed by atoms with van der Waals surface area (Å²) in [6.07, 6.45) is 5.71. The van der Waals surface area contributed by atoms with Crippen molar-refractivity contribution in [2.45, 2.75) is 38.7 Å². The standard InChI is InChI=1S/C14H18ClN3O3/c1-9(19)21-11-5-3-10(4-6-11)14(20)18(2)13-12(15)16-7-8-17-13/h7-8,10-11H,3-6H2,1-2H3. The lowest BCUT2D eigenvalue weighted by Gasteiger charge is -2.29. The number of nitrogens with zero attached hydrogens (tertiary/aromatic N) is 3. The lowest BCUT2D eigenvalue weighted by Crippen LogP contribution is -2.37. The zero-order chi connectivity index (χ0) is 15.4. The molecule has 1 aliphatic rings. The molecule has 0 spiro atoms. The van der Waals surface area contributed by atoms with Gasteiger partial charge in [-0.2, -0.15) is 0 Å². The van der Waals surface area contributed by atoms with Crippen LogP contribution < -0.4 is 4.90 Å². The number of carbonyl (C=O) groups is 2. The molecule has 1 aromatic heterocycles. The van der Waals surface area contributed by atoms with Crippen molar-refractivity contribution in [3.63, 3.8) is 0 Å². The van der Waals surface area contributed by atoms with E-state index in [1.54, 1.807) is 7.05 Å². The summed E-state index contributed by atoms with van der Waals surface area (Å²) in [5.74, 6) is -0.0296. The Morgan fingerprint density at radius 3 is 2.43 bits per heavy atom. The molecule has 0 unspecified atom stereocenters. The minimum Gasteiger partial charge on any atom is -0.463 e. The van der Waals surface area contributed by atoms with Crippen molar-refractivity contribution >= 4 is 29.3 Å². The number of amides is 1. The van der Waals surface area contributed by atoms with E-state index < -0.39 is 0 Å². The summed E-state index contributed by atoms with van der Waals surface area (Å²) < 4.78 is 5.18.